The van der Waals surface area contributed by atoms with E-state index < -0.39 is 11.4 Å². The number of rotatable bonds is 7. The Morgan fingerprint density at radius 3 is 2.71 bits per heavy atom. The minimum atomic E-state index is -0.959. The molecule has 1 aliphatic rings. The third-order valence-electron chi connectivity index (χ3n) is 3.60. The van der Waals surface area contributed by atoms with Crippen LogP contribution in [0.4, 0.5) is 10.1 Å². The van der Waals surface area contributed by atoms with Crippen LogP contribution in [0.3, 0.4) is 0 Å². The number of hydrogen-bond donors (Lipinski definition) is 1. The molecule has 0 saturated heterocycles. The van der Waals surface area contributed by atoms with Crippen LogP contribution in [-0.2, 0) is 15.1 Å². The van der Waals surface area contributed by atoms with Gasteiger partial charge in [-0.2, -0.15) is 0 Å². The van der Waals surface area contributed by atoms with Gasteiger partial charge in [-0.1, -0.05) is 12.2 Å². The van der Waals surface area contributed by atoms with Gasteiger partial charge in [0, 0.05) is 24.3 Å². The monoisotopic (exact) mass is 329 g/mol. The first-order chi connectivity index (χ1) is 11.5. The molecule has 0 aliphatic carbocycles. The van der Waals surface area contributed by atoms with Crippen LogP contribution in [0.2, 0.25) is 0 Å². The van der Waals surface area contributed by atoms with E-state index in [-0.39, 0.29) is 0 Å². The Hall–Kier alpha value is -2.89. The van der Waals surface area contributed by atoms with Crippen molar-refractivity contribution in [1.82, 2.24) is 4.90 Å². The van der Waals surface area contributed by atoms with Crippen molar-refractivity contribution in [2.24, 2.45) is 4.99 Å². The Morgan fingerprint density at radius 2 is 2.08 bits per heavy atom. The number of benzene rings is 1. The molecule has 126 valence electrons. The number of hydrogen-bond acceptors (Lipinski definition) is 4. The summed E-state index contributed by atoms with van der Waals surface area (Å²) in [5, 5.41) is 2.52. The SMILES string of the molecule is C=CCN(CC=C)C1=N[C@](C)(c2cc(NC=O)ccc2F)C=CO1. The summed E-state index contributed by atoms with van der Waals surface area (Å²) in [7, 11) is 0. The van der Waals surface area contributed by atoms with Gasteiger partial charge in [-0.3, -0.25) is 4.79 Å². The fraction of sp³-hybridized carbons (Fsp3) is 0.222. The largest absolute Gasteiger partial charge is 0.434 e. The predicted octanol–water partition coefficient (Wildman–Crippen LogP) is 3.18. The van der Waals surface area contributed by atoms with Crippen molar-refractivity contribution in [2.45, 2.75) is 12.5 Å². The van der Waals surface area contributed by atoms with Gasteiger partial charge in [-0.25, -0.2) is 9.38 Å². The second-order valence-electron chi connectivity index (χ2n) is 5.40. The number of aliphatic imine (C=N–C) groups is 1. The highest BCUT2D eigenvalue weighted by Gasteiger charge is 2.31. The zero-order valence-corrected chi connectivity index (χ0v) is 13.5. The second kappa shape index (κ2) is 7.59. The Balaban J connectivity index is 2.43. The van der Waals surface area contributed by atoms with E-state index in [0.717, 1.165) is 0 Å². The molecule has 1 aliphatic heterocycles. The Bertz CT molecular complexity index is 690. The van der Waals surface area contributed by atoms with Crippen LogP contribution in [-0.4, -0.2) is 30.4 Å². The number of carbonyl (C=O) groups is 1. The van der Waals surface area contributed by atoms with Crippen LogP contribution in [0.1, 0.15) is 12.5 Å². The molecule has 24 heavy (non-hydrogen) atoms. The number of nitrogens with one attached hydrogen (secondary N) is 1. The van der Waals surface area contributed by atoms with Gasteiger partial charge in [-0.15, -0.1) is 13.2 Å². The minimum absolute atomic E-state index is 0.337. The number of amides is 1. The number of amidine groups is 1. The van der Waals surface area contributed by atoms with Crippen LogP contribution < -0.4 is 5.32 Å². The van der Waals surface area contributed by atoms with Crippen molar-refractivity contribution < 1.29 is 13.9 Å². The lowest BCUT2D eigenvalue weighted by atomic mass is 9.91. The van der Waals surface area contributed by atoms with E-state index >= 15 is 0 Å². The van der Waals surface area contributed by atoms with Crippen LogP contribution in [0, 0.1) is 5.82 Å². The van der Waals surface area contributed by atoms with Gasteiger partial charge >= 0.3 is 0 Å². The molecule has 1 heterocycles. The average Bonchev–Trinajstić information content (AvgIpc) is 2.56. The molecule has 0 spiro atoms. The molecule has 6 heteroatoms. The summed E-state index contributed by atoms with van der Waals surface area (Å²) < 4.78 is 19.8. The first kappa shape index (κ1) is 17.5. The van der Waals surface area contributed by atoms with E-state index in [1.54, 1.807) is 31.2 Å². The normalized spacial score (nSPS) is 19.0. The third kappa shape index (κ3) is 3.71. The number of carbonyl (C=O) groups excluding carboxylic acids is 1. The van der Waals surface area contributed by atoms with Gasteiger partial charge in [0.2, 0.25) is 6.41 Å². The molecular formula is C18H20FN3O2. The predicted molar refractivity (Wildman–Crippen MR) is 93.1 cm³/mol. The van der Waals surface area contributed by atoms with E-state index in [9.17, 15) is 9.18 Å². The summed E-state index contributed by atoms with van der Waals surface area (Å²) in [6.45, 7) is 10.2. The Kier molecular flexibility index (Phi) is 5.52. The van der Waals surface area contributed by atoms with Crippen molar-refractivity contribution in [3.8, 4) is 0 Å². The van der Waals surface area contributed by atoms with Crippen molar-refractivity contribution in [3.05, 3.63) is 67.2 Å². The molecule has 0 saturated carbocycles. The molecule has 2 rings (SSSR count). The molecule has 0 fully saturated rings. The van der Waals surface area contributed by atoms with Gasteiger partial charge in [0.25, 0.3) is 6.02 Å². The van der Waals surface area contributed by atoms with Crippen molar-refractivity contribution in [1.29, 1.82) is 0 Å². The molecular weight excluding hydrogens is 309 g/mol. The van der Waals surface area contributed by atoms with E-state index in [1.807, 2.05) is 4.90 Å². The lowest BCUT2D eigenvalue weighted by Gasteiger charge is -2.31. The van der Waals surface area contributed by atoms with Crippen molar-refractivity contribution in [2.75, 3.05) is 18.4 Å². The highest BCUT2D eigenvalue weighted by molar-refractivity contribution is 5.77. The average molecular weight is 329 g/mol. The van der Waals surface area contributed by atoms with Gasteiger partial charge in [0.15, 0.2) is 0 Å². The first-order valence-electron chi connectivity index (χ1n) is 7.45. The molecule has 0 aromatic heterocycles. The minimum Gasteiger partial charge on any atom is -0.434 e. The smallest absolute Gasteiger partial charge is 0.294 e. The van der Waals surface area contributed by atoms with Crippen LogP contribution in [0.15, 0.2) is 60.8 Å². The van der Waals surface area contributed by atoms with E-state index in [1.165, 1.54) is 18.4 Å². The van der Waals surface area contributed by atoms with Crippen molar-refractivity contribution >= 4 is 18.1 Å². The lowest BCUT2D eigenvalue weighted by Crippen LogP contribution is -2.37. The summed E-state index contributed by atoms with van der Waals surface area (Å²) >= 11 is 0. The number of halogens is 1. The highest BCUT2D eigenvalue weighted by atomic mass is 19.1. The van der Waals surface area contributed by atoms with Crippen molar-refractivity contribution in [3.63, 3.8) is 0 Å². The lowest BCUT2D eigenvalue weighted by molar-refractivity contribution is -0.105. The number of ether oxygens (including phenoxy) is 1. The Labute approximate surface area is 140 Å². The summed E-state index contributed by atoms with van der Waals surface area (Å²) in [5.74, 6) is -0.414. The van der Waals surface area contributed by atoms with Crippen LogP contribution in [0.5, 0.6) is 0 Å². The molecule has 1 N–H and O–H groups in total. The summed E-state index contributed by atoms with van der Waals surface area (Å²) in [5.41, 5.74) is -0.129. The number of nitrogens with zero attached hydrogens (tertiary/aromatic N) is 2. The maximum Gasteiger partial charge on any atom is 0.294 e. The van der Waals surface area contributed by atoms with Crippen LogP contribution >= 0.6 is 0 Å². The molecule has 5 nitrogen and oxygen atoms in total. The van der Waals surface area contributed by atoms with E-state index in [0.29, 0.717) is 36.8 Å². The van der Waals surface area contributed by atoms with E-state index in [4.69, 9.17) is 4.74 Å². The second-order valence-corrected chi connectivity index (χ2v) is 5.40. The first-order valence-corrected chi connectivity index (χ1v) is 7.45. The van der Waals surface area contributed by atoms with Crippen LogP contribution in [0.25, 0.3) is 0 Å². The van der Waals surface area contributed by atoms with Gasteiger partial charge < -0.3 is 15.0 Å². The zero-order valence-electron chi connectivity index (χ0n) is 13.5. The molecule has 1 amide bonds. The van der Waals surface area contributed by atoms with E-state index in [2.05, 4.69) is 23.5 Å². The van der Waals surface area contributed by atoms with Gasteiger partial charge in [0.05, 0.1) is 6.26 Å². The number of anilines is 1. The fourth-order valence-corrected chi connectivity index (χ4v) is 2.40. The van der Waals surface area contributed by atoms with Gasteiger partial charge in [-0.05, 0) is 31.2 Å². The molecule has 0 bridgehead atoms. The zero-order chi connectivity index (χ0) is 17.6. The molecule has 0 radical (unpaired) electrons. The summed E-state index contributed by atoms with van der Waals surface area (Å²) in [6.07, 6.45) is 7.14. The standard InChI is InChI=1S/C18H20FN3O2/c1-4-9-22(10-5-2)17-21-18(3,8-11-24-17)15-12-14(20-13-23)6-7-16(15)19/h4-8,11-13H,1-2,9-10H2,3H3,(H,20,23)/t18-/m0/s1. The quantitative estimate of drug-likeness (QED) is 0.617. The maximum absolute atomic E-state index is 14.4. The molecule has 1 atom stereocenters. The summed E-state index contributed by atoms with van der Waals surface area (Å²) in [6, 6.07) is 4.71. The third-order valence-corrected chi connectivity index (χ3v) is 3.60. The highest BCUT2D eigenvalue weighted by Crippen LogP contribution is 2.33. The Morgan fingerprint density at radius 1 is 1.38 bits per heavy atom. The topological polar surface area (TPSA) is 53.9 Å². The molecule has 1 aromatic rings. The summed E-state index contributed by atoms with van der Waals surface area (Å²) in [4.78, 5) is 17.0. The van der Waals surface area contributed by atoms with Gasteiger partial charge in [0.1, 0.15) is 11.4 Å². The fourth-order valence-electron chi connectivity index (χ4n) is 2.40. The molecule has 1 aromatic carbocycles. The maximum atomic E-state index is 14.4. The molecule has 0 unspecified atom stereocenters.